The van der Waals surface area contributed by atoms with Crippen molar-refractivity contribution in [2.75, 3.05) is 0 Å². The molecule has 0 aromatic heterocycles. The Kier molecular flexibility index (Phi) is 4.60. The topological polar surface area (TPSA) is 17.1 Å². The van der Waals surface area contributed by atoms with Crippen LogP contribution < -0.4 is 0 Å². The van der Waals surface area contributed by atoms with Crippen molar-refractivity contribution < 1.29 is 4.79 Å². The molecule has 1 aromatic rings. The Balaban J connectivity index is 2.05. The van der Waals surface area contributed by atoms with Gasteiger partial charge in [-0.2, -0.15) is 0 Å². The molecule has 1 aromatic carbocycles. The van der Waals surface area contributed by atoms with Gasteiger partial charge in [-0.25, -0.2) is 0 Å². The number of hydrogen-bond donors (Lipinski definition) is 0. The first-order chi connectivity index (χ1) is 8.61. The van der Waals surface area contributed by atoms with Crippen molar-refractivity contribution in [2.45, 2.75) is 46.0 Å². The number of halogens is 1. The molecule has 0 radical (unpaired) electrons. The highest BCUT2D eigenvalue weighted by Crippen LogP contribution is 2.33. The summed E-state index contributed by atoms with van der Waals surface area (Å²) in [5, 5.41) is 0. The van der Waals surface area contributed by atoms with Gasteiger partial charge in [0.1, 0.15) is 0 Å². The van der Waals surface area contributed by atoms with Gasteiger partial charge in [-0.3, -0.25) is 4.79 Å². The first-order valence-electron chi connectivity index (χ1n) is 6.92. The minimum Gasteiger partial charge on any atom is -0.294 e. The number of rotatable bonds is 3. The van der Waals surface area contributed by atoms with Crippen LogP contribution >= 0.6 is 15.9 Å². The molecular formula is C16H21BrO. The van der Waals surface area contributed by atoms with Gasteiger partial charge in [0.2, 0.25) is 0 Å². The normalized spacial score (nSPS) is 23.9. The van der Waals surface area contributed by atoms with E-state index in [2.05, 4.69) is 22.9 Å². The lowest BCUT2D eigenvalue weighted by Crippen LogP contribution is -2.21. The molecule has 1 nitrogen and oxygen atoms in total. The number of ketones is 1. The standard InChI is InChI=1S/C16H21BrO/c1-3-12-4-6-13(7-5-12)16(18)14-8-9-15(17)11(2)10-14/h8-10,12-13H,3-7H2,1-2H3. The molecule has 0 amide bonds. The number of hydrogen-bond acceptors (Lipinski definition) is 1. The highest BCUT2D eigenvalue weighted by atomic mass is 79.9. The smallest absolute Gasteiger partial charge is 0.165 e. The Morgan fingerprint density at radius 2 is 1.94 bits per heavy atom. The summed E-state index contributed by atoms with van der Waals surface area (Å²) in [4.78, 5) is 12.4. The third-order valence-electron chi connectivity index (χ3n) is 4.24. The van der Waals surface area contributed by atoms with Crippen molar-refractivity contribution in [1.29, 1.82) is 0 Å². The minimum atomic E-state index is 0.258. The molecule has 2 rings (SSSR count). The summed E-state index contributed by atoms with van der Waals surface area (Å²) >= 11 is 3.48. The van der Waals surface area contributed by atoms with Crippen LogP contribution in [0.15, 0.2) is 22.7 Å². The van der Waals surface area contributed by atoms with Crippen molar-refractivity contribution in [3.05, 3.63) is 33.8 Å². The van der Waals surface area contributed by atoms with E-state index in [4.69, 9.17) is 0 Å². The summed E-state index contributed by atoms with van der Waals surface area (Å²) < 4.78 is 1.08. The van der Waals surface area contributed by atoms with Crippen LogP contribution in [0, 0.1) is 18.8 Å². The molecule has 0 spiro atoms. The second-order valence-corrected chi connectivity index (χ2v) is 6.31. The van der Waals surface area contributed by atoms with Crippen molar-refractivity contribution in [1.82, 2.24) is 0 Å². The van der Waals surface area contributed by atoms with Gasteiger partial charge < -0.3 is 0 Å². The Hall–Kier alpha value is -0.630. The van der Waals surface area contributed by atoms with Gasteiger partial charge >= 0.3 is 0 Å². The highest BCUT2D eigenvalue weighted by molar-refractivity contribution is 9.10. The van der Waals surface area contributed by atoms with E-state index in [1.165, 1.54) is 19.3 Å². The molecule has 0 heterocycles. The summed E-state index contributed by atoms with van der Waals surface area (Å²) in [5.74, 6) is 1.45. The average molecular weight is 309 g/mol. The fourth-order valence-corrected chi connectivity index (χ4v) is 3.11. The molecule has 0 aliphatic heterocycles. The van der Waals surface area contributed by atoms with Crippen LogP contribution in [0.25, 0.3) is 0 Å². The quantitative estimate of drug-likeness (QED) is 0.705. The molecule has 0 unspecified atom stereocenters. The summed E-state index contributed by atoms with van der Waals surface area (Å²) in [7, 11) is 0. The Bertz CT molecular complexity index is 431. The molecule has 0 atom stereocenters. The monoisotopic (exact) mass is 308 g/mol. The van der Waals surface area contributed by atoms with Crippen LogP contribution in [0.2, 0.25) is 0 Å². The van der Waals surface area contributed by atoms with Crippen LogP contribution in [0.3, 0.4) is 0 Å². The molecule has 0 bridgehead atoms. The first kappa shape index (κ1) is 13.8. The van der Waals surface area contributed by atoms with Gasteiger partial charge in [0, 0.05) is 16.0 Å². The summed E-state index contributed by atoms with van der Waals surface area (Å²) in [6.45, 7) is 4.29. The molecular weight excluding hydrogens is 288 g/mol. The maximum Gasteiger partial charge on any atom is 0.165 e. The van der Waals surface area contributed by atoms with Crippen LogP contribution in [-0.2, 0) is 0 Å². The Labute approximate surface area is 118 Å². The van der Waals surface area contributed by atoms with Crippen LogP contribution in [-0.4, -0.2) is 5.78 Å². The van der Waals surface area contributed by atoms with Gasteiger partial charge in [-0.05, 0) is 56.2 Å². The number of carbonyl (C=O) groups excluding carboxylic acids is 1. The minimum absolute atomic E-state index is 0.258. The van der Waals surface area contributed by atoms with E-state index in [-0.39, 0.29) is 5.92 Å². The van der Waals surface area contributed by atoms with Crippen LogP contribution in [0.1, 0.15) is 54.9 Å². The SMILES string of the molecule is CCC1CCC(C(=O)c2ccc(Br)c(C)c2)CC1. The second-order valence-electron chi connectivity index (χ2n) is 5.45. The third kappa shape index (κ3) is 3.03. The van der Waals surface area contributed by atoms with E-state index in [1.54, 1.807) is 0 Å². The summed E-state index contributed by atoms with van der Waals surface area (Å²) in [6, 6.07) is 5.95. The number of carbonyl (C=O) groups is 1. The van der Waals surface area contributed by atoms with Crippen LogP contribution in [0.5, 0.6) is 0 Å². The van der Waals surface area contributed by atoms with Gasteiger partial charge in [0.25, 0.3) is 0 Å². The van der Waals surface area contributed by atoms with Gasteiger partial charge in [-0.15, -0.1) is 0 Å². The molecule has 2 heteroatoms. The first-order valence-corrected chi connectivity index (χ1v) is 7.71. The number of benzene rings is 1. The molecule has 1 saturated carbocycles. The molecule has 98 valence electrons. The molecule has 0 N–H and O–H groups in total. The number of Topliss-reactive ketones (excluding diaryl/α,β-unsaturated/α-hetero) is 1. The highest BCUT2D eigenvalue weighted by Gasteiger charge is 2.26. The van der Waals surface area contributed by atoms with E-state index in [0.29, 0.717) is 5.78 Å². The fraction of sp³-hybridized carbons (Fsp3) is 0.562. The maximum absolute atomic E-state index is 12.4. The lowest BCUT2D eigenvalue weighted by molar-refractivity contribution is 0.0871. The lowest BCUT2D eigenvalue weighted by Gasteiger charge is -2.26. The van der Waals surface area contributed by atoms with Crippen molar-refractivity contribution in [2.24, 2.45) is 11.8 Å². The van der Waals surface area contributed by atoms with E-state index in [1.807, 2.05) is 25.1 Å². The zero-order chi connectivity index (χ0) is 13.1. The maximum atomic E-state index is 12.4. The Morgan fingerprint density at radius 3 is 2.50 bits per heavy atom. The summed E-state index contributed by atoms with van der Waals surface area (Å²) in [5.41, 5.74) is 2.03. The van der Waals surface area contributed by atoms with Crippen molar-refractivity contribution in [3.8, 4) is 0 Å². The predicted octanol–water partition coefficient (Wildman–Crippen LogP) is 5.16. The van der Waals surface area contributed by atoms with Gasteiger partial charge in [0.05, 0.1) is 0 Å². The van der Waals surface area contributed by atoms with Crippen molar-refractivity contribution >= 4 is 21.7 Å². The molecule has 1 aliphatic rings. The van der Waals surface area contributed by atoms with Crippen molar-refractivity contribution in [3.63, 3.8) is 0 Å². The predicted molar refractivity (Wildman–Crippen MR) is 78.9 cm³/mol. The third-order valence-corrected chi connectivity index (χ3v) is 5.13. The molecule has 1 aliphatic carbocycles. The molecule has 0 saturated heterocycles. The van der Waals surface area contributed by atoms with Gasteiger partial charge in [0.15, 0.2) is 5.78 Å². The fourth-order valence-electron chi connectivity index (χ4n) is 2.87. The number of aryl methyl sites for hydroxylation is 1. The van der Waals surface area contributed by atoms with E-state index in [9.17, 15) is 4.79 Å². The zero-order valence-corrected chi connectivity index (χ0v) is 12.8. The largest absolute Gasteiger partial charge is 0.294 e. The molecule has 18 heavy (non-hydrogen) atoms. The lowest BCUT2D eigenvalue weighted by atomic mass is 9.78. The van der Waals surface area contributed by atoms with E-state index < -0.39 is 0 Å². The van der Waals surface area contributed by atoms with E-state index in [0.717, 1.165) is 34.4 Å². The van der Waals surface area contributed by atoms with E-state index >= 15 is 0 Å². The van der Waals surface area contributed by atoms with Gasteiger partial charge in [-0.1, -0.05) is 35.3 Å². The zero-order valence-electron chi connectivity index (χ0n) is 11.2. The molecule has 1 fully saturated rings. The average Bonchev–Trinajstić information content (AvgIpc) is 2.41. The Morgan fingerprint density at radius 1 is 1.28 bits per heavy atom. The second kappa shape index (κ2) is 6.01. The van der Waals surface area contributed by atoms with Crippen LogP contribution in [0.4, 0.5) is 0 Å². The summed E-state index contributed by atoms with van der Waals surface area (Å²) in [6.07, 6.45) is 5.86.